The van der Waals surface area contributed by atoms with Gasteiger partial charge in [-0.2, -0.15) is 5.10 Å². The van der Waals surface area contributed by atoms with Crippen molar-refractivity contribution >= 4 is 17.4 Å². The second-order valence-electron chi connectivity index (χ2n) is 0.996. The standard InChI is InChI=1S/C3H8N2S/c1-4-5-6(2)3/h1H2,2-3H3. The van der Waals surface area contributed by atoms with Gasteiger partial charge in [0.15, 0.2) is 0 Å². The molecule has 0 aromatic carbocycles. The molecule has 0 spiro atoms. The van der Waals surface area contributed by atoms with Crippen LogP contribution in [0.5, 0.6) is 0 Å². The predicted octanol–water partition coefficient (Wildman–Crippen LogP) is 0.663. The maximum absolute atomic E-state index is 3.67. The molecule has 0 fully saturated rings. The van der Waals surface area contributed by atoms with Crippen molar-refractivity contribution in [3.05, 3.63) is 0 Å². The molecule has 0 aromatic heterocycles. The second-order valence-corrected chi connectivity index (χ2v) is 2.71. The van der Waals surface area contributed by atoms with E-state index in [2.05, 4.69) is 16.3 Å². The van der Waals surface area contributed by atoms with Crippen molar-refractivity contribution in [2.45, 2.75) is 0 Å². The lowest BCUT2D eigenvalue weighted by Crippen LogP contribution is -1.72. The van der Waals surface area contributed by atoms with Crippen LogP contribution in [-0.2, 0) is 10.7 Å². The van der Waals surface area contributed by atoms with Crippen LogP contribution in [-0.4, -0.2) is 19.2 Å². The first kappa shape index (κ1) is 5.82. The number of hydrogen-bond donors (Lipinski definition) is 0. The molecule has 36 valence electrons. The molecule has 6 heavy (non-hydrogen) atoms. The predicted molar refractivity (Wildman–Crippen MR) is 31.2 cm³/mol. The van der Waals surface area contributed by atoms with Crippen LogP contribution >= 0.6 is 0 Å². The summed E-state index contributed by atoms with van der Waals surface area (Å²) in [7, 11) is 0.0802. The minimum absolute atomic E-state index is 0.0802. The van der Waals surface area contributed by atoms with E-state index in [1.807, 2.05) is 12.5 Å². The Morgan fingerprint density at radius 3 is 2.00 bits per heavy atom. The quantitative estimate of drug-likeness (QED) is 0.345. The van der Waals surface area contributed by atoms with E-state index in [1.54, 1.807) is 0 Å². The Morgan fingerprint density at radius 1 is 1.50 bits per heavy atom. The Kier molecular flexibility index (Phi) is 2.94. The van der Waals surface area contributed by atoms with Crippen molar-refractivity contribution in [3.63, 3.8) is 0 Å². The maximum atomic E-state index is 3.67. The van der Waals surface area contributed by atoms with Gasteiger partial charge in [-0.1, -0.05) is 10.7 Å². The van der Waals surface area contributed by atoms with E-state index in [9.17, 15) is 0 Å². The van der Waals surface area contributed by atoms with Crippen LogP contribution in [0.3, 0.4) is 0 Å². The van der Waals surface area contributed by atoms with Crippen molar-refractivity contribution in [1.29, 1.82) is 0 Å². The third-order valence-electron chi connectivity index (χ3n) is 0.221. The summed E-state index contributed by atoms with van der Waals surface area (Å²) in [6.45, 7) is 3.19. The lowest BCUT2D eigenvalue weighted by atomic mass is 11.7. The molecule has 0 amide bonds. The van der Waals surface area contributed by atoms with Crippen LogP contribution in [0.4, 0.5) is 0 Å². The molecular formula is C3H8N2S. The van der Waals surface area contributed by atoms with Crippen molar-refractivity contribution < 1.29 is 0 Å². The van der Waals surface area contributed by atoms with E-state index in [1.165, 1.54) is 0 Å². The summed E-state index contributed by atoms with van der Waals surface area (Å²) in [5, 5.41) is 3.32. The van der Waals surface area contributed by atoms with Gasteiger partial charge in [0, 0.05) is 6.72 Å². The van der Waals surface area contributed by atoms with Gasteiger partial charge in [0.25, 0.3) is 0 Å². The van der Waals surface area contributed by atoms with Crippen LogP contribution in [0, 0.1) is 0 Å². The summed E-state index contributed by atoms with van der Waals surface area (Å²) in [4.78, 5) is 0. The van der Waals surface area contributed by atoms with E-state index < -0.39 is 0 Å². The largest absolute Gasteiger partial charge is 0.161 e. The average molecular weight is 104 g/mol. The van der Waals surface area contributed by atoms with E-state index >= 15 is 0 Å². The molecule has 2 nitrogen and oxygen atoms in total. The lowest BCUT2D eigenvalue weighted by Gasteiger charge is -1.77. The average Bonchev–Trinajstić information content (AvgIpc) is 1.35. The maximum Gasteiger partial charge on any atom is 0.0138 e. The van der Waals surface area contributed by atoms with E-state index in [4.69, 9.17) is 0 Å². The molecule has 0 atom stereocenters. The first-order valence-electron chi connectivity index (χ1n) is 1.52. The SMILES string of the molecule is C=NN=S(C)C. The first-order valence-corrected chi connectivity index (χ1v) is 3.51. The molecule has 0 saturated carbocycles. The monoisotopic (exact) mass is 104 g/mol. The summed E-state index contributed by atoms with van der Waals surface area (Å²) in [5.41, 5.74) is 0. The van der Waals surface area contributed by atoms with Gasteiger partial charge in [-0.05, 0) is 12.5 Å². The van der Waals surface area contributed by atoms with Gasteiger partial charge < -0.3 is 0 Å². The normalized spacial score (nSPS) is 8.50. The van der Waals surface area contributed by atoms with Gasteiger partial charge in [0.2, 0.25) is 0 Å². The van der Waals surface area contributed by atoms with Crippen molar-refractivity contribution in [1.82, 2.24) is 0 Å². The zero-order valence-electron chi connectivity index (χ0n) is 4.01. The summed E-state index contributed by atoms with van der Waals surface area (Å²) in [6, 6.07) is 0. The van der Waals surface area contributed by atoms with Gasteiger partial charge in [-0.3, -0.25) is 0 Å². The third-order valence-corrected chi connectivity index (χ3v) is 0.663. The van der Waals surface area contributed by atoms with Crippen molar-refractivity contribution in [2.24, 2.45) is 9.57 Å². The molecule has 0 N–H and O–H groups in total. The van der Waals surface area contributed by atoms with Gasteiger partial charge in [0.05, 0.1) is 0 Å². The van der Waals surface area contributed by atoms with E-state index in [0.29, 0.717) is 0 Å². The third kappa shape index (κ3) is 3.82. The fraction of sp³-hybridized carbons (Fsp3) is 0.667. The Labute approximate surface area is 40.4 Å². The number of nitrogens with zero attached hydrogens (tertiary/aromatic N) is 2. The minimum atomic E-state index is 0.0802. The van der Waals surface area contributed by atoms with Crippen molar-refractivity contribution in [3.8, 4) is 0 Å². The van der Waals surface area contributed by atoms with Gasteiger partial charge in [-0.15, -0.1) is 4.47 Å². The van der Waals surface area contributed by atoms with Crippen LogP contribution < -0.4 is 0 Å². The van der Waals surface area contributed by atoms with Crippen LogP contribution in [0.15, 0.2) is 9.57 Å². The summed E-state index contributed by atoms with van der Waals surface area (Å²) >= 11 is 0. The van der Waals surface area contributed by atoms with Crippen LogP contribution in [0.2, 0.25) is 0 Å². The van der Waals surface area contributed by atoms with Gasteiger partial charge in [-0.25, -0.2) is 0 Å². The van der Waals surface area contributed by atoms with Gasteiger partial charge in [0.1, 0.15) is 0 Å². The topological polar surface area (TPSA) is 24.7 Å². The highest BCUT2D eigenvalue weighted by Crippen LogP contribution is 1.71. The fourth-order valence-corrected chi connectivity index (χ4v) is 0.346. The number of rotatable bonds is 1. The molecular weight excluding hydrogens is 96.1 g/mol. The van der Waals surface area contributed by atoms with E-state index in [-0.39, 0.29) is 10.7 Å². The zero-order chi connectivity index (χ0) is 4.99. The molecule has 0 unspecified atom stereocenters. The molecule has 0 radical (unpaired) electrons. The Bertz CT molecular complexity index is 72.9. The van der Waals surface area contributed by atoms with Crippen molar-refractivity contribution in [2.75, 3.05) is 12.5 Å². The number of hydrogen-bond acceptors (Lipinski definition) is 1. The lowest BCUT2D eigenvalue weighted by molar-refractivity contribution is 1.31. The molecule has 0 aliphatic rings. The summed E-state index contributed by atoms with van der Waals surface area (Å²) in [6.07, 6.45) is 3.96. The molecule has 0 aromatic rings. The first-order chi connectivity index (χ1) is 2.77. The molecule has 0 aliphatic heterocycles. The van der Waals surface area contributed by atoms with Gasteiger partial charge >= 0.3 is 0 Å². The molecule has 0 aliphatic carbocycles. The van der Waals surface area contributed by atoms with Crippen LogP contribution in [0.25, 0.3) is 0 Å². The summed E-state index contributed by atoms with van der Waals surface area (Å²) < 4.78 is 3.67. The zero-order valence-corrected chi connectivity index (χ0v) is 4.83. The molecule has 0 saturated heterocycles. The molecule has 0 rings (SSSR count). The highest BCUT2D eigenvalue weighted by molar-refractivity contribution is 7.85. The van der Waals surface area contributed by atoms with Crippen LogP contribution in [0.1, 0.15) is 0 Å². The second kappa shape index (κ2) is 3.03. The highest BCUT2D eigenvalue weighted by atomic mass is 32.2. The Hall–Kier alpha value is -0.180. The Morgan fingerprint density at radius 2 is 2.00 bits per heavy atom. The highest BCUT2D eigenvalue weighted by Gasteiger charge is 1.62. The summed E-state index contributed by atoms with van der Waals surface area (Å²) in [5.74, 6) is 0. The Balaban J connectivity index is 3.41. The minimum Gasteiger partial charge on any atom is -0.161 e. The molecule has 0 heterocycles. The smallest absolute Gasteiger partial charge is 0.0138 e. The fourth-order valence-electron chi connectivity index (χ4n) is 0.115. The molecule has 0 bridgehead atoms. The van der Waals surface area contributed by atoms with E-state index in [0.717, 1.165) is 0 Å². The molecule has 3 heteroatoms.